The first-order valence-electron chi connectivity index (χ1n) is 9.46. The zero-order chi connectivity index (χ0) is 19.0. The average Bonchev–Trinajstić information content (AvgIpc) is 2.64. The zero-order valence-electron chi connectivity index (χ0n) is 17.1. The molecule has 0 unspecified atom stereocenters. The molecule has 1 rings (SSSR count). The predicted octanol–water partition coefficient (Wildman–Crippen LogP) is 3.45. The maximum absolute atomic E-state index is 5.90. The monoisotopic (exact) mass is 493 g/mol. The van der Waals surface area contributed by atoms with Gasteiger partial charge in [-0.3, -0.25) is 0 Å². The highest BCUT2D eigenvalue weighted by Crippen LogP contribution is 2.19. The van der Waals surface area contributed by atoms with Gasteiger partial charge in [0.2, 0.25) is 0 Å². The van der Waals surface area contributed by atoms with Crippen molar-refractivity contribution >= 4 is 29.9 Å². The summed E-state index contributed by atoms with van der Waals surface area (Å²) in [4.78, 5) is 4.67. The number of methoxy groups -OCH3 is 1. The van der Waals surface area contributed by atoms with Gasteiger partial charge in [-0.15, -0.1) is 24.0 Å². The molecule has 0 bridgehead atoms. The normalized spacial score (nSPS) is 11.2. The Bertz CT molecular complexity index is 513. The van der Waals surface area contributed by atoms with Crippen molar-refractivity contribution < 1.29 is 14.2 Å². The number of benzene rings is 1. The van der Waals surface area contributed by atoms with Gasteiger partial charge in [0.1, 0.15) is 5.75 Å². The number of guanidine groups is 1. The van der Waals surface area contributed by atoms with E-state index in [-0.39, 0.29) is 24.0 Å². The first-order chi connectivity index (χ1) is 12.7. The van der Waals surface area contributed by atoms with Crippen LogP contribution in [0.25, 0.3) is 0 Å². The van der Waals surface area contributed by atoms with E-state index in [1.165, 1.54) is 0 Å². The van der Waals surface area contributed by atoms with Gasteiger partial charge in [0, 0.05) is 32.4 Å². The number of aliphatic imine (C=N–C) groups is 1. The summed E-state index contributed by atoms with van der Waals surface area (Å²) in [6.45, 7) is 11.3. The summed E-state index contributed by atoms with van der Waals surface area (Å²) in [6, 6.07) is 8.08. The number of ether oxygens (including phenoxy) is 3. The summed E-state index contributed by atoms with van der Waals surface area (Å²) in [5, 5.41) is 6.61. The number of para-hydroxylation sites is 1. The summed E-state index contributed by atoms with van der Waals surface area (Å²) in [5.41, 5.74) is 1.09. The molecular formula is C20H36IN3O3. The van der Waals surface area contributed by atoms with Gasteiger partial charge < -0.3 is 24.8 Å². The summed E-state index contributed by atoms with van der Waals surface area (Å²) >= 11 is 0. The minimum absolute atomic E-state index is 0. The van der Waals surface area contributed by atoms with Crippen molar-refractivity contribution in [3.8, 4) is 5.75 Å². The molecule has 0 atom stereocenters. The van der Waals surface area contributed by atoms with E-state index in [0.29, 0.717) is 38.9 Å². The molecule has 0 saturated carbocycles. The summed E-state index contributed by atoms with van der Waals surface area (Å²) in [5.74, 6) is 2.21. The average molecular weight is 493 g/mol. The van der Waals surface area contributed by atoms with Crippen LogP contribution >= 0.6 is 24.0 Å². The fourth-order valence-corrected chi connectivity index (χ4v) is 2.16. The van der Waals surface area contributed by atoms with Crippen LogP contribution in [0.2, 0.25) is 0 Å². The molecule has 0 spiro atoms. The van der Waals surface area contributed by atoms with Crippen LogP contribution < -0.4 is 15.4 Å². The fourth-order valence-electron chi connectivity index (χ4n) is 2.16. The third kappa shape index (κ3) is 12.9. The van der Waals surface area contributed by atoms with E-state index in [9.17, 15) is 0 Å². The first-order valence-corrected chi connectivity index (χ1v) is 9.46. The van der Waals surface area contributed by atoms with Crippen molar-refractivity contribution in [3.63, 3.8) is 0 Å². The van der Waals surface area contributed by atoms with Crippen LogP contribution in [0.4, 0.5) is 0 Å². The van der Waals surface area contributed by atoms with Gasteiger partial charge in [-0.05, 0) is 25.3 Å². The summed E-state index contributed by atoms with van der Waals surface area (Å²) < 4.78 is 16.3. The van der Waals surface area contributed by atoms with Gasteiger partial charge in [-0.2, -0.15) is 0 Å². The lowest BCUT2D eigenvalue weighted by Crippen LogP contribution is -2.38. The quantitative estimate of drug-likeness (QED) is 0.191. The number of hydrogen-bond acceptors (Lipinski definition) is 4. The van der Waals surface area contributed by atoms with E-state index in [0.717, 1.165) is 36.8 Å². The lowest BCUT2D eigenvalue weighted by molar-refractivity contribution is 0.0698. The minimum Gasteiger partial charge on any atom is -0.493 e. The maximum atomic E-state index is 5.90. The molecule has 0 radical (unpaired) electrons. The second-order valence-corrected chi connectivity index (χ2v) is 6.39. The van der Waals surface area contributed by atoms with Crippen molar-refractivity contribution in [1.29, 1.82) is 0 Å². The molecule has 156 valence electrons. The first kappa shape index (κ1) is 25.9. The molecule has 2 N–H and O–H groups in total. The molecule has 0 amide bonds. The molecule has 1 aromatic rings. The molecule has 7 heteroatoms. The molecule has 27 heavy (non-hydrogen) atoms. The van der Waals surface area contributed by atoms with Crippen LogP contribution in [0.15, 0.2) is 29.3 Å². The Morgan fingerprint density at radius 1 is 1.11 bits per heavy atom. The van der Waals surface area contributed by atoms with Gasteiger partial charge in [-0.25, -0.2) is 4.99 Å². The van der Waals surface area contributed by atoms with E-state index in [1.807, 2.05) is 18.2 Å². The van der Waals surface area contributed by atoms with Gasteiger partial charge in [0.25, 0.3) is 0 Å². The van der Waals surface area contributed by atoms with Gasteiger partial charge in [-0.1, -0.05) is 32.0 Å². The minimum atomic E-state index is 0. The van der Waals surface area contributed by atoms with Crippen molar-refractivity contribution in [2.24, 2.45) is 10.9 Å². The highest BCUT2D eigenvalue weighted by Gasteiger charge is 2.05. The Hall–Kier alpha value is -1.06. The molecule has 0 saturated heterocycles. The van der Waals surface area contributed by atoms with Crippen molar-refractivity contribution in [3.05, 3.63) is 29.8 Å². The Morgan fingerprint density at radius 2 is 1.89 bits per heavy atom. The SMILES string of the molecule is CCNC(=NCc1ccccc1OCC(C)C)NCCCOCCOC.I. The molecule has 0 aliphatic carbocycles. The van der Waals surface area contributed by atoms with Crippen molar-refractivity contribution in [2.45, 2.75) is 33.7 Å². The number of nitrogens with one attached hydrogen (secondary N) is 2. The molecule has 0 fully saturated rings. The predicted molar refractivity (Wildman–Crippen MR) is 122 cm³/mol. The van der Waals surface area contributed by atoms with E-state index < -0.39 is 0 Å². The number of hydrogen-bond donors (Lipinski definition) is 2. The van der Waals surface area contributed by atoms with Gasteiger partial charge in [0.05, 0.1) is 26.4 Å². The zero-order valence-corrected chi connectivity index (χ0v) is 19.5. The highest BCUT2D eigenvalue weighted by molar-refractivity contribution is 14.0. The molecule has 0 aliphatic heterocycles. The summed E-state index contributed by atoms with van der Waals surface area (Å²) in [7, 11) is 1.68. The molecule has 0 aromatic heterocycles. The second-order valence-electron chi connectivity index (χ2n) is 6.39. The second kappa shape index (κ2) is 17.1. The van der Waals surface area contributed by atoms with Crippen LogP contribution in [0.3, 0.4) is 0 Å². The van der Waals surface area contributed by atoms with Crippen molar-refractivity contribution in [1.82, 2.24) is 10.6 Å². The fraction of sp³-hybridized carbons (Fsp3) is 0.650. The van der Waals surface area contributed by atoms with E-state index >= 15 is 0 Å². The standard InChI is InChI=1S/C20H35N3O3.HI/c1-5-21-20(22-11-8-12-25-14-13-24-4)23-15-18-9-6-7-10-19(18)26-16-17(2)3;/h6-7,9-10,17H,5,8,11-16H2,1-4H3,(H2,21,22,23);1H. The molecule has 0 heterocycles. The van der Waals surface area contributed by atoms with Crippen LogP contribution in [0, 0.1) is 5.92 Å². The van der Waals surface area contributed by atoms with Crippen LogP contribution in [0.1, 0.15) is 32.8 Å². The number of halogens is 1. The van der Waals surface area contributed by atoms with Crippen LogP contribution in [-0.2, 0) is 16.0 Å². The molecular weight excluding hydrogens is 457 g/mol. The van der Waals surface area contributed by atoms with Crippen LogP contribution in [0.5, 0.6) is 5.75 Å². The topological polar surface area (TPSA) is 64.1 Å². The Morgan fingerprint density at radius 3 is 2.59 bits per heavy atom. The molecule has 6 nitrogen and oxygen atoms in total. The van der Waals surface area contributed by atoms with Gasteiger partial charge in [0.15, 0.2) is 5.96 Å². The third-order valence-corrected chi connectivity index (χ3v) is 3.49. The lowest BCUT2D eigenvalue weighted by Gasteiger charge is -2.14. The largest absolute Gasteiger partial charge is 0.493 e. The Kier molecular flexibility index (Phi) is 16.4. The van der Waals surface area contributed by atoms with Gasteiger partial charge >= 0.3 is 0 Å². The Balaban J connectivity index is 0.00000676. The van der Waals surface area contributed by atoms with Crippen LogP contribution in [-0.4, -0.2) is 52.6 Å². The summed E-state index contributed by atoms with van der Waals surface area (Å²) in [6.07, 6.45) is 0.919. The van der Waals surface area contributed by atoms with E-state index in [4.69, 9.17) is 14.2 Å². The smallest absolute Gasteiger partial charge is 0.191 e. The molecule has 0 aliphatic rings. The highest BCUT2D eigenvalue weighted by atomic mass is 127. The Labute approximate surface area is 181 Å². The van der Waals surface area contributed by atoms with E-state index in [2.05, 4.69) is 42.5 Å². The number of rotatable bonds is 13. The molecule has 1 aromatic carbocycles. The lowest BCUT2D eigenvalue weighted by atomic mass is 10.2. The van der Waals surface area contributed by atoms with Crippen molar-refractivity contribution in [2.75, 3.05) is 46.6 Å². The third-order valence-electron chi connectivity index (χ3n) is 3.49. The maximum Gasteiger partial charge on any atom is 0.191 e. The van der Waals surface area contributed by atoms with E-state index in [1.54, 1.807) is 7.11 Å². The number of nitrogens with zero attached hydrogens (tertiary/aromatic N) is 1.